The number of nitrogens with one attached hydrogen (secondary N) is 1. The number of aliphatic hydroxyl groups is 2. The van der Waals surface area contributed by atoms with Gasteiger partial charge in [0, 0.05) is 8.59 Å². The number of amides is 1. The molecule has 0 bridgehead atoms. The van der Waals surface area contributed by atoms with Crippen molar-refractivity contribution in [2.75, 3.05) is 13.2 Å². The highest BCUT2D eigenvalue weighted by Gasteiger charge is 2.25. The highest BCUT2D eigenvalue weighted by molar-refractivity contribution is 14.1. The summed E-state index contributed by atoms with van der Waals surface area (Å²) in [5.74, 6) is -0.373. The molecule has 94 valence electrons. The van der Waals surface area contributed by atoms with E-state index in [1.54, 1.807) is 25.1 Å². The SMILES string of the molecule is CC(CO)(CO)NC(=O)c1cc(Cl)ccc1I. The Balaban J connectivity index is 2.94. The second-order valence-electron chi connectivity index (χ2n) is 3.96. The zero-order valence-corrected chi connectivity index (χ0v) is 12.1. The van der Waals surface area contributed by atoms with Gasteiger partial charge in [0.05, 0.1) is 24.3 Å². The zero-order valence-electron chi connectivity index (χ0n) is 9.20. The zero-order chi connectivity index (χ0) is 13.1. The van der Waals surface area contributed by atoms with Crippen LogP contribution in [0, 0.1) is 3.57 Å². The lowest BCUT2D eigenvalue weighted by atomic mass is 10.0. The van der Waals surface area contributed by atoms with Gasteiger partial charge < -0.3 is 15.5 Å². The maximum Gasteiger partial charge on any atom is 0.252 e. The van der Waals surface area contributed by atoms with Crippen LogP contribution < -0.4 is 5.32 Å². The Morgan fingerprint density at radius 2 is 2.06 bits per heavy atom. The van der Waals surface area contributed by atoms with Crippen molar-refractivity contribution < 1.29 is 15.0 Å². The third kappa shape index (κ3) is 3.80. The summed E-state index contributed by atoms with van der Waals surface area (Å²) in [7, 11) is 0. The van der Waals surface area contributed by atoms with Crippen LogP contribution in [0.1, 0.15) is 17.3 Å². The lowest BCUT2D eigenvalue weighted by Crippen LogP contribution is -2.51. The molecular formula is C11H13ClINO3. The highest BCUT2D eigenvalue weighted by atomic mass is 127. The predicted molar refractivity (Wildman–Crippen MR) is 74.2 cm³/mol. The maximum absolute atomic E-state index is 12.0. The van der Waals surface area contributed by atoms with Crippen LogP contribution in [0.25, 0.3) is 0 Å². The molecule has 1 rings (SSSR count). The van der Waals surface area contributed by atoms with Gasteiger partial charge in [-0.25, -0.2) is 0 Å². The fourth-order valence-electron chi connectivity index (χ4n) is 1.14. The van der Waals surface area contributed by atoms with Crippen molar-refractivity contribution in [3.8, 4) is 0 Å². The molecule has 4 nitrogen and oxygen atoms in total. The Kier molecular flexibility index (Phi) is 5.18. The smallest absolute Gasteiger partial charge is 0.252 e. The topological polar surface area (TPSA) is 69.6 Å². The van der Waals surface area contributed by atoms with Gasteiger partial charge in [-0.2, -0.15) is 0 Å². The largest absolute Gasteiger partial charge is 0.394 e. The molecule has 0 aliphatic carbocycles. The van der Waals surface area contributed by atoms with E-state index in [1.165, 1.54) is 0 Å². The molecule has 6 heteroatoms. The number of halogens is 2. The van der Waals surface area contributed by atoms with Gasteiger partial charge in [-0.05, 0) is 47.7 Å². The molecule has 0 saturated heterocycles. The van der Waals surface area contributed by atoms with Crippen molar-refractivity contribution in [2.24, 2.45) is 0 Å². The second kappa shape index (κ2) is 5.99. The van der Waals surface area contributed by atoms with Crippen LogP contribution in [0.4, 0.5) is 0 Å². The van der Waals surface area contributed by atoms with Gasteiger partial charge in [0.1, 0.15) is 0 Å². The first-order chi connectivity index (χ1) is 7.91. The monoisotopic (exact) mass is 369 g/mol. The standard InChI is InChI=1S/C11H13ClINO3/c1-11(5-15,6-16)14-10(17)8-4-7(12)2-3-9(8)13/h2-4,15-16H,5-6H2,1H3,(H,14,17). The molecule has 0 saturated carbocycles. The van der Waals surface area contributed by atoms with Gasteiger partial charge in [0.2, 0.25) is 0 Å². The molecular weight excluding hydrogens is 356 g/mol. The van der Waals surface area contributed by atoms with Crippen LogP contribution >= 0.6 is 34.2 Å². The summed E-state index contributed by atoms with van der Waals surface area (Å²) in [5.41, 5.74) is -0.617. The Morgan fingerprint density at radius 3 is 2.59 bits per heavy atom. The van der Waals surface area contributed by atoms with E-state index in [4.69, 9.17) is 21.8 Å². The summed E-state index contributed by atoms with van der Waals surface area (Å²) in [6.45, 7) is 0.876. The van der Waals surface area contributed by atoms with Gasteiger partial charge in [0.15, 0.2) is 0 Å². The predicted octanol–water partition coefficient (Wildman–Crippen LogP) is 1.42. The molecule has 0 fully saturated rings. The van der Waals surface area contributed by atoms with Gasteiger partial charge in [-0.1, -0.05) is 11.6 Å². The molecule has 0 radical (unpaired) electrons. The van der Waals surface area contributed by atoms with E-state index in [0.717, 1.165) is 3.57 Å². The van der Waals surface area contributed by atoms with Gasteiger partial charge in [0.25, 0.3) is 5.91 Å². The Bertz CT molecular complexity index is 421. The number of carbonyl (C=O) groups excluding carboxylic acids is 1. The summed E-state index contributed by atoms with van der Waals surface area (Å²) < 4.78 is 0.753. The Labute approximate surface area is 118 Å². The van der Waals surface area contributed by atoms with Crippen molar-refractivity contribution >= 4 is 40.1 Å². The minimum atomic E-state index is -1.04. The van der Waals surface area contributed by atoms with E-state index < -0.39 is 5.54 Å². The summed E-state index contributed by atoms with van der Waals surface area (Å²) in [4.78, 5) is 12.0. The fourth-order valence-corrected chi connectivity index (χ4v) is 1.89. The van der Waals surface area contributed by atoms with Crippen LogP contribution in [-0.4, -0.2) is 34.9 Å². The minimum absolute atomic E-state index is 0.341. The number of rotatable bonds is 4. The van der Waals surface area contributed by atoms with E-state index in [1.807, 2.05) is 22.6 Å². The third-order valence-corrected chi connectivity index (χ3v) is 3.46. The quantitative estimate of drug-likeness (QED) is 0.703. The molecule has 3 N–H and O–H groups in total. The summed E-state index contributed by atoms with van der Waals surface area (Å²) >= 11 is 7.84. The maximum atomic E-state index is 12.0. The molecule has 1 aromatic rings. The van der Waals surface area contributed by atoms with Crippen molar-refractivity contribution in [2.45, 2.75) is 12.5 Å². The first-order valence-corrected chi connectivity index (χ1v) is 6.37. The van der Waals surface area contributed by atoms with Crippen LogP contribution in [0.15, 0.2) is 18.2 Å². The first-order valence-electron chi connectivity index (χ1n) is 4.91. The normalized spacial score (nSPS) is 11.4. The highest BCUT2D eigenvalue weighted by Crippen LogP contribution is 2.18. The number of aliphatic hydroxyl groups excluding tert-OH is 2. The average Bonchev–Trinajstić information content (AvgIpc) is 2.32. The third-order valence-electron chi connectivity index (χ3n) is 2.29. The van der Waals surface area contributed by atoms with Gasteiger partial charge in [-0.15, -0.1) is 0 Å². The molecule has 0 aliphatic heterocycles. The second-order valence-corrected chi connectivity index (χ2v) is 5.55. The number of hydrogen-bond acceptors (Lipinski definition) is 3. The molecule has 0 heterocycles. The molecule has 17 heavy (non-hydrogen) atoms. The van der Waals surface area contributed by atoms with E-state index in [2.05, 4.69) is 5.32 Å². The summed E-state index contributed by atoms with van der Waals surface area (Å²) in [6, 6.07) is 4.97. The lowest BCUT2D eigenvalue weighted by molar-refractivity contribution is 0.0723. The molecule has 1 aromatic carbocycles. The molecule has 0 aliphatic rings. The lowest BCUT2D eigenvalue weighted by Gasteiger charge is -2.26. The number of carbonyl (C=O) groups is 1. The Hall–Kier alpha value is -0.370. The number of hydrogen-bond donors (Lipinski definition) is 3. The Morgan fingerprint density at radius 1 is 1.47 bits per heavy atom. The van der Waals surface area contributed by atoms with Gasteiger partial charge >= 0.3 is 0 Å². The van der Waals surface area contributed by atoms with E-state index in [9.17, 15) is 4.79 Å². The van der Waals surface area contributed by atoms with Crippen molar-refractivity contribution in [3.05, 3.63) is 32.4 Å². The van der Waals surface area contributed by atoms with E-state index >= 15 is 0 Å². The minimum Gasteiger partial charge on any atom is -0.394 e. The summed E-state index contributed by atoms with van der Waals surface area (Å²) in [5, 5.41) is 21.2. The summed E-state index contributed by atoms with van der Waals surface area (Å²) in [6.07, 6.45) is 0. The van der Waals surface area contributed by atoms with Crippen LogP contribution in [0.5, 0.6) is 0 Å². The van der Waals surface area contributed by atoms with Crippen molar-refractivity contribution in [3.63, 3.8) is 0 Å². The first kappa shape index (κ1) is 14.7. The molecule has 0 unspecified atom stereocenters. The van der Waals surface area contributed by atoms with E-state index in [-0.39, 0.29) is 19.1 Å². The molecule has 0 spiro atoms. The van der Waals surface area contributed by atoms with E-state index in [0.29, 0.717) is 10.6 Å². The van der Waals surface area contributed by atoms with Crippen molar-refractivity contribution in [1.82, 2.24) is 5.32 Å². The van der Waals surface area contributed by atoms with Crippen molar-refractivity contribution in [1.29, 1.82) is 0 Å². The fraction of sp³-hybridized carbons (Fsp3) is 0.364. The molecule has 0 aromatic heterocycles. The van der Waals surface area contributed by atoms with Gasteiger partial charge in [-0.3, -0.25) is 4.79 Å². The average molecular weight is 370 g/mol. The molecule has 0 atom stereocenters. The van der Waals surface area contributed by atoms with Crippen LogP contribution in [-0.2, 0) is 0 Å². The number of benzene rings is 1. The molecule has 1 amide bonds. The van der Waals surface area contributed by atoms with Crippen LogP contribution in [0.3, 0.4) is 0 Å². The van der Waals surface area contributed by atoms with Crippen LogP contribution in [0.2, 0.25) is 5.02 Å².